The summed E-state index contributed by atoms with van der Waals surface area (Å²) in [4.78, 5) is 12.7. The van der Waals surface area contributed by atoms with E-state index in [0.717, 1.165) is 25.7 Å². The van der Waals surface area contributed by atoms with Crippen LogP contribution in [0, 0.1) is 0 Å². The number of hydrogen-bond donors (Lipinski definition) is 0. The predicted octanol–water partition coefficient (Wildman–Crippen LogP) is 7.83. The maximum Gasteiger partial charge on any atom is 0.383 e. The van der Waals surface area contributed by atoms with E-state index in [0.29, 0.717) is 35.7 Å². The van der Waals surface area contributed by atoms with Crippen LogP contribution in [-0.2, 0) is 0 Å². The molecule has 0 spiro atoms. The average Bonchev–Trinajstić information content (AvgIpc) is 2.79. The van der Waals surface area contributed by atoms with Crippen LogP contribution in [-0.4, -0.2) is 19.3 Å². The van der Waals surface area contributed by atoms with Crippen molar-refractivity contribution in [2.24, 2.45) is 0 Å². The summed E-state index contributed by atoms with van der Waals surface area (Å²) in [6.45, 7) is 9.26. The Morgan fingerprint density at radius 1 is 0.879 bits per heavy atom. The molecule has 33 heavy (non-hydrogen) atoms. The van der Waals surface area contributed by atoms with Crippen LogP contribution in [0.2, 0.25) is 0 Å². The van der Waals surface area contributed by atoms with Crippen molar-refractivity contribution in [2.45, 2.75) is 98.0 Å². The number of fused-ring (bicyclic) bond motifs is 1. The lowest BCUT2D eigenvalue weighted by molar-refractivity contribution is 0.216. The van der Waals surface area contributed by atoms with Crippen molar-refractivity contribution < 1.29 is 18.6 Å². The number of unbranched alkanes of at least 4 members (excludes halogenated alkanes) is 7. The molecule has 1 heterocycles. The third-order valence-corrected chi connectivity index (χ3v) is 5.35. The Labute approximate surface area is 199 Å². The molecule has 5 heteroatoms. The van der Waals surface area contributed by atoms with Gasteiger partial charge in [0.05, 0.1) is 24.7 Å². The first-order valence-corrected chi connectivity index (χ1v) is 12.7. The van der Waals surface area contributed by atoms with Crippen molar-refractivity contribution in [3.8, 4) is 17.2 Å². The van der Waals surface area contributed by atoms with Gasteiger partial charge in [-0.2, -0.15) is 0 Å². The number of allylic oxidation sites excluding steroid dienone is 1. The first-order chi connectivity index (χ1) is 16.1. The quantitative estimate of drug-likeness (QED) is 0.137. The summed E-state index contributed by atoms with van der Waals surface area (Å²) in [5.41, 5.74) is -0.0718. The zero-order valence-corrected chi connectivity index (χ0v) is 21.0. The van der Waals surface area contributed by atoms with Gasteiger partial charge in [0.25, 0.3) is 0 Å². The molecule has 2 rings (SSSR count). The SMILES string of the molecule is CCC=CCCOc1ccc2c(OC(C)C)c(OCCCCCCCCCC)c(=O)oc2c1. The van der Waals surface area contributed by atoms with Gasteiger partial charge in [0.2, 0.25) is 5.75 Å². The van der Waals surface area contributed by atoms with Crippen LogP contribution in [0.5, 0.6) is 17.2 Å². The van der Waals surface area contributed by atoms with Crippen molar-refractivity contribution in [2.75, 3.05) is 13.2 Å². The molecule has 0 saturated heterocycles. The highest BCUT2D eigenvalue weighted by atomic mass is 16.5. The normalized spacial score (nSPS) is 11.5. The molecular weight excluding hydrogens is 416 g/mol. The smallest absolute Gasteiger partial charge is 0.383 e. The minimum atomic E-state index is -0.513. The van der Waals surface area contributed by atoms with E-state index < -0.39 is 5.63 Å². The third-order valence-electron chi connectivity index (χ3n) is 5.35. The second-order valence-corrected chi connectivity index (χ2v) is 8.71. The van der Waals surface area contributed by atoms with Gasteiger partial charge >= 0.3 is 5.63 Å². The summed E-state index contributed by atoms with van der Waals surface area (Å²) in [7, 11) is 0. The van der Waals surface area contributed by atoms with Gasteiger partial charge in [0.15, 0.2) is 5.75 Å². The second kappa shape index (κ2) is 15.4. The molecule has 0 aliphatic rings. The Bertz CT molecular complexity index is 897. The van der Waals surface area contributed by atoms with Crippen molar-refractivity contribution in [1.29, 1.82) is 0 Å². The Morgan fingerprint density at radius 3 is 2.30 bits per heavy atom. The van der Waals surface area contributed by atoms with Gasteiger partial charge in [-0.25, -0.2) is 4.79 Å². The molecule has 0 aliphatic carbocycles. The fraction of sp³-hybridized carbons (Fsp3) is 0.607. The van der Waals surface area contributed by atoms with Crippen molar-refractivity contribution in [1.82, 2.24) is 0 Å². The molecule has 0 bridgehead atoms. The van der Waals surface area contributed by atoms with Gasteiger partial charge in [-0.15, -0.1) is 0 Å². The Kier molecular flexibility index (Phi) is 12.5. The average molecular weight is 459 g/mol. The van der Waals surface area contributed by atoms with Gasteiger partial charge in [-0.3, -0.25) is 0 Å². The molecule has 0 fully saturated rings. The Morgan fingerprint density at radius 2 is 1.61 bits per heavy atom. The third kappa shape index (κ3) is 9.53. The predicted molar refractivity (Wildman–Crippen MR) is 136 cm³/mol. The largest absolute Gasteiger partial charge is 0.493 e. The summed E-state index contributed by atoms with van der Waals surface area (Å²) in [5, 5.41) is 0.715. The Balaban J connectivity index is 2.03. The van der Waals surface area contributed by atoms with E-state index in [-0.39, 0.29) is 11.9 Å². The van der Waals surface area contributed by atoms with Crippen LogP contribution in [0.1, 0.15) is 91.9 Å². The fourth-order valence-electron chi connectivity index (χ4n) is 3.64. The minimum absolute atomic E-state index is 0.0956. The summed E-state index contributed by atoms with van der Waals surface area (Å²) in [5.74, 6) is 1.28. The number of benzene rings is 1. The van der Waals surface area contributed by atoms with Crippen LogP contribution >= 0.6 is 0 Å². The molecule has 0 saturated carbocycles. The van der Waals surface area contributed by atoms with Crippen LogP contribution in [0.3, 0.4) is 0 Å². The number of hydrogen-bond acceptors (Lipinski definition) is 5. The number of rotatable bonds is 17. The zero-order valence-electron chi connectivity index (χ0n) is 21.0. The summed E-state index contributed by atoms with van der Waals surface area (Å²) in [6, 6.07) is 5.49. The van der Waals surface area contributed by atoms with Crippen LogP contribution < -0.4 is 19.8 Å². The van der Waals surface area contributed by atoms with Crippen LogP contribution in [0.15, 0.2) is 39.6 Å². The summed E-state index contributed by atoms with van der Waals surface area (Å²) >= 11 is 0. The second-order valence-electron chi connectivity index (χ2n) is 8.71. The highest BCUT2D eigenvalue weighted by molar-refractivity contribution is 5.86. The van der Waals surface area contributed by atoms with E-state index in [1.54, 1.807) is 6.07 Å². The van der Waals surface area contributed by atoms with Gasteiger partial charge in [0.1, 0.15) is 11.3 Å². The molecule has 0 aliphatic heterocycles. The van der Waals surface area contributed by atoms with E-state index in [4.69, 9.17) is 18.6 Å². The molecule has 0 atom stereocenters. The van der Waals surface area contributed by atoms with E-state index >= 15 is 0 Å². The molecule has 0 unspecified atom stereocenters. The molecule has 0 N–H and O–H groups in total. The summed E-state index contributed by atoms with van der Waals surface area (Å²) in [6.07, 6.45) is 15.7. The lowest BCUT2D eigenvalue weighted by Crippen LogP contribution is -2.14. The van der Waals surface area contributed by atoms with E-state index in [2.05, 4.69) is 26.0 Å². The summed E-state index contributed by atoms with van der Waals surface area (Å²) < 4.78 is 23.3. The first kappa shape index (κ1) is 26.8. The molecule has 2 aromatic rings. The van der Waals surface area contributed by atoms with Gasteiger partial charge < -0.3 is 18.6 Å². The lowest BCUT2D eigenvalue weighted by Gasteiger charge is -2.16. The maximum atomic E-state index is 12.7. The molecule has 0 amide bonds. The number of ether oxygens (including phenoxy) is 3. The standard InChI is InChI=1S/C28H42O5/c1-5-7-9-11-12-13-14-16-20-31-27-26(32-22(3)4)24-18-17-23(21-25(24)33-28(27)29)30-19-15-10-8-6-2/h8,10,17-18,21-22H,5-7,9,11-16,19-20H2,1-4H3. The zero-order chi connectivity index (χ0) is 23.9. The van der Waals surface area contributed by atoms with Gasteiger partial charge in [-0.05, 0) is 45.2 Å². The maximum absolute atomic E-state index is 12.7. The van der Waals surface area contributed by atoms with E-state index in [1.807, 2.05) is 26.0 Å². The van der Waals surface area contributed by atoms with Crippen molar-refractivity contribution in [3.63, 3.8) is 0 Å². The van der Waals surface area contributed by atoms with E-state index in [1.165, 1.54) is 38.5 Å². The molecular formula is C28H42O5. The van der Waals surface area contributed by atoms with Gasteiger partial charge in [-0.1, -0.05) is 70.9 Å². The molecule has 1 aromatic carbocycles. The first-order valence-electron chi connectivity index (χ1n) is 12.7. The van der Waals surface area contributed by atoms with Crippen LogP contribution in [0.4, 0.5) is 0 Å². The Hall–Kier alpha value is -2.43. The van der Waals surface area contributed by atoms with Crippen molar-refractivity contribution in [3.05, 3.63) is 40.8 Å². The monoisotopic (exact) mass is 458 g/mol. The van der Waals surface area contributed by atoms with E-state index in [9.17, 15) is 4.79 Å². The molecule has 184 valence electrons. The highest BCUT2D eigenvalue weighted by Crippen LogP contribution is 2.35. The topological polar surface area (TPSA) is 57.9 Å². The highest BCUT2D eigenvalue weighted by Gasteiger charge is 2.19. The lowest BCUT2D eigenvalue weighted by atomic mass is 10.1. The minimum Gasteiger partial charge on any atom is -0.493 e. The van der Waals surface area contributed by atoms with Crippen molar-refractivity contribution >= 4 is 11.0 Å². The molecule has 1 aromatic heterocycles. The molecule has 5 nitrogen and oxygen atoms in total. The van der Waals surface area contributed by atoms with Crippen LogP contribution in [0.25, 0.3) is 11.0 Å². The van der Waals surface area contributed by atoms with Gasteiger partial charge in [0, 0.05) is 6.07 Å². The molecule has 0 radical (unpaired) electrons. The fourth-order valence-corrected chi connectivity index (χ4v) is 3.64.